The van der Waals surface area contributed by atoms with E-state index in [0.29, 0.717) is 39.0 Å². The van der Waals surface area contributed by atoms with Crippen LogP contribution in [0.3, 0.4) is 0 Å². The van der Waals surface area contributed by atoms with E-state index < -0.39 is 12.1 Å². The number of carbonyl (C=O) groups is 1. The van der Waals surface area contributed by atoms with Crippen molar-refractivity contribution in [2.45, 2.75) is 53.1 Å². The number of ether oxygens (including phenoxy) is 1. The van der Waals surface area contributed by atoms with Crippen LogP contribution in [0, 0.1) is 19.8 Å². The molecule has 0 aliphatic heterocycles. The standard InChI is InChI=1S/C19H21N3O4S/c1-8-5-6-12-13(7-8)27-18-15(12)17(23)20-16(21-18)11(4)25-19(24)14-9(2)22-26-10(14)3/h8,11H,5-7H2,1-4H3,(H,20,21,23)/t8-,11+/m0/s1. The van der Waals surface area contributed by atoms with Gasteiger partial charge < -0.3 is 14.2 Å². The maximum atomic E-state index is 12.7. The van der Waals surface area contributed by atoms with Crippen LogP contribution < -0.4 is 5.56 Å². The summed E-state index contributed by atoms with van der Waals surface area (Å²) in [4.78, 5) is 34.5. The highest BCUT2D eigenvalue weighted by Gasteiger charge is 2.26. The molecule has 1 aliphatic carbocycles. The van der Waals surface area contributed by atoms with Crippen LogP contribution in [0.5, 0.6) is 0 Å². The molecule has 0 spiro atoms. The predicted octanol–water partition coefficient (Wildman–Crippen LogP) is 3.63. The molecule has 0 radical (unpaired) electrons. The van der Waals surface area contributed by atoms with Gasteiger partial charge in [-0.1, -0.05) is 12.1 Å². The SMILES string of the molecule is Cc1noc(C)c1C(=O)O[C@H](C)c1nc2sc3c(c2c(=O)[nH]1)CC[C@H](C)C3. The van der Waals surface area contributed by atoms with E-state index in [1.165, 1.54) is 4.88 Å². The molecule has 4 rings (SSSR count). The maximum absolute atomic E-state index is 12.7. The van der Waals surface area contributed by atoms with Crippen molar-refractivity contribution < 1.29 is 14.1 Å². The summed E-state index contributed by atoms with van der Waals surface area (Å²) < 4.78 is 10.5. The van der Waals surface area contributed by atoms with Crippen molar-refractivity contribution in [1.82, 2.24) is 15.1 Å². The van der Waals surface area contributed by atoms with Gasteiger partial charge in [-0.05, 0) is 51.5 Å². The number of hydrogen-bond donors (Lipinski definition) is 1. The Hall–Kier alpha value is -2.48. The van der Waals surface area contributed by atoms with E-state index in [2.05, 4.69) is 22.0 Å². The fourth-order valence-electron chi connectivity index (χ4n) is 3.61. The lowest BCUT2D eigenvalue weighted by Crippen LogP contribution is -2.18. The molecule has 0 amide bonds. The van der Waals surface area contributed by atoms with Crippen LogP contribution in [0.15, 0.2) is 9.32 Å². The third-order valence-corrected chi connectivity index (χ3v) is 6.24. The Morgan fingerprint density at radius 3 is 2.89 bits per heavy atom. The molecule has 0 aromatic carbocycles. The molecule has 1 N–H and O–H groups in total. The van der Waals surface area contributed by atoms with Crippen LogP contribution in [0.2, 0.25) is 0 Å². The normalized spacial score (nSPS) is 17.7. The molecule has 27 heavy (non-hydrogen) atoms. The first-order valence-corrected chi connectivity index (χ1v) is 9.85. The number of esters is 1. The van der Waals surface area contributed by atoms with Crippen LogP contribution in [-0.2, 0) is 17.6 Å². The van der Waals surface area contributed by atoms with Crippen molar-refractivity contribution in [3.05, 3.63) is 43.6 Å². The first kappa shape index (κ1) is 17.9. The fraction of sp³-hybridized carbons (Fsp3) is 0.474. The second-order valence-corrected chi connectivity index (χ2v) is 8.31. The van der Waals surface area contributed by atoms with Gasteiger partial charge in [0.2, 0.25) is 0 Å². The first-order chi connectivity index (χ1) is 12.8. The summed E-state index contributed by atoms with van der Waals surface area (Å²) >= 11 is 1.57. The highest BCUT2D eigenvalue weighted by molar-refractivity contribution is 7.18. The third kappa shape index (κ3) is 3.07. The molecule has 7 nitrogen and oxygen atoms in total. The zero-order valence-electron chi connectivity index (χ0n) is 15.7. The van der Waals surface area contributed by atoms with Gasteiger partial charge in [0.05, 0.1) is 11.1 Å². The fourth-order valence-corrected chi connectivity index (χ4v) is 5.00. The average molecular weight is 387 g/mol. The number of fused-ring (bicyclic) bond motifs is 3. The maximum Gasteiger partial charge on any atom is 0.344 e. The minimum absolute atomic E-state index is 0.165. The molecule has 0 bridgehead atoms. The molecular formula is C19H21N3O4S. The molecule has 0 saturated carbocycles. The second kappa shape index (κ2) is 6.60. The van der Waals surface area contributed by atoms with Gasteiger partial charge >= 0.3 is 5.97 Å². The largest absolute Gasteiger partial charge is 0.451 e. The average Bonchev–Trinajstić information content (AvgIpc) is 3.13. The number of carbonyl (C=O) groups excluding carboxylic acids is 1. The highest BCUT2D eigenvalue weighted by Crippen LogP contribution is 2.36. The molecular weight excluding hydrogens is 366 g/mol. The molecule has 0 saturated heterocycles. The van der Waals surface area contributed by atoms with E-state index in [-0.39, 0.29) is 5.56 Å². The Morgan fingerprint density at radius 2 is 2.19 bits per heavy atom. The predicted molar refractivity (Wildman–Crippen MR) is 101 cm³/mol. The van der Waals surface area contributed by atoms with E-state index in [9.17, 15) is 9.59 Å². The molecule has 3 aromatic rings. The van der Waals surface area contributed by atoms with Gasteiger partial charge in [0.15, 0.2) is 11.9 Å². The third-order valence-electron chi connectivity index (χ3n) is 5.09. The summed E-state index contributed by atoms with van der Waals surface area (Å²) in [7, 11) is 0. The molecule has 142 valence electrons. The van der Waals surface area contributed by atoms with Gasteiger partial charge in [-0.25, -0.2) is 9.78 Å². The lowest BCUT2D eigenvalue weighted by molar-refractivity contribution is 0.0317. The Labute approximate surface area is 159 Å². The van der Waals surface area contributed by atoms with Crippen LogP contribution in [0.25, 0.3) is 10.2 Å². The lowest BCUT2D eigenvalue weighted by atomic mass is 9.89. The monoisotopic (exact) mass is 387 g/mol. The van der Waals surface area contributed by atoms with Crippen molar-refractivity contribution in [3.8, 4) is 0 Å². The lowest BCUT2D eigenvalue weighted by Gasteiger charge is -2.17. The smallest absolute Gasteiger partial charge is 0.344 e. The first-order valence-electron chi connectivity index (χ1n) is 9.03. The van der Waals surface area contributed by atoms with Gasteiger partial charge in [0.25, 0.3) is 5.56 Å². The molecule has 3 heterocycles. The highest BCUT2D eigenvalue weighted by atomic mass is 32.1. The summed E-state index contributed by atoms with van der Waals surface area (Å²) in [6, 6.07) is 0. The summed E-state index contributed by atoms with van der Waals surface area (Å²) in [5.74, 6) is 0.834. The summed E-state index contributed by atoms with van der Waals surface area (Å²) in [6.07, 6.45) is 2.30. The summed E-state index contributed by atoms with van der Waals surface area (Å²) in [5.41, 5.74) is 1.75. The van der Waals surface area contributed by atoms with Crippen LogP contribution in [0.1, 0.15) is 64.4 Å². The summed E-state index contributed by atoms with van der Waals surface area (Å²) in [6.45, 7) is 7.26. The Kier molecular flexibility index (Phi) is 4.38. The van der Waals surface area contributed by atoms with Crippen molar-refractivity contribution in [3.63, 3.8) is 0 Å². The Bertz CT molecular complexity index is 1070. The van der Waals surface area contributed by atoms with E-state index in [1.54, 1.807) is 32.1 Å². The zero-order chi connectivity index (χ0) is 19.3. The number of aromatic nitrogens is 3. The molecule has 1 aliphatic rings. The van der Waals surface area contributed by atoms with Crippen molar-refractivity contribution in [2.24, 2.45) is 5.92 Å². The van der Waals surface area contributed by atoms with E-state index >= 15 is 0 Å². The Balaban J connectivity index is 1.66. The topological polar surface area (TPSA) is 98.1 Å². The van der Waals surface area contributed by atoms with Gasteiger partial charge in [0.1, 0.15) is 16.2 Å². The molecule has 0 fully saturated rings. The number of nitrogens with zero attached hydrogens (tertiary/aromatic N) is 2. The van der Waals surface area contributed by atoms with Gasteiger partial charge in [-0.15, -0.1) is 11.3 Å². The minimum Gasteiger partial charge on any atom is -0.451 e. The quantitative estimate of drug-likeness (QED) is 0.689. The molecule has 8 heteroatoms. The van der Waals surface area contributed by atoms with Crippen LogP contribution >= 0.6 is 11.3 Å². The van der Waals surface area contributed by atoms with Crippen LogP contribution in [-0.4, -0.2) is 21.1 Å². The number of thiophene rings is 1. The molecule has 2 atom stereocenters. The van der Waals surface area contributed by atoms with Crippen LogP contribution in [0.4, 0.5) is 0 Å². The van der Waals surface area contributed by atoms with Gasteiger partial charge in [-0.3, -0.25) is 4.79 Å². The second-order valence-electron chi connectivity index (χ2n) is 7.23. The van der Waals surface area contributed by atoms with Gasteiger partial charge in [0, 0.05) is 4.88 Å². The number of H-pyrrole nitrogens is 1. The molecule has 0 unspecified atom stereocenters. The van der Waals surface area contributed by atoms with Gasteiger partial charge in [-0.2, -0.15) is 0 Å². The number of aryl methyl sites for hydroxylation is 3. The number of rotatable bonds is 3. The zero-order valence-corrected chi connectivity index (χ0v) is 16.5. The Morgan fingerprint density at radius 1 is 1.41 bits per heavy atom. The van der Waals surface area contributed by atoms with E-state index in [0.717, 1.165) is 24.8 Å². The number of nitrogens with one attached hydrogen (secondary N) is 1. The van der Waals surface area contributed by atoms with Crippen molar-refractivity contribution in [2.75, 3.05) is 0 Å². The summed E-state index contributed by atoms with van der Waals surface area (Å²) in [5, 5.41) is 4.46. The van der Waals surface area contributed by atoms with Crippen molar-refractivity contribution in [1.29, 1.82) is 0 Å². The van der Waals surface area contributed by atoms with E-state index in [1.807, 2.05) is 0 Å². The minimum atomic E-state index is -0.693. The van der Waals surface area contributed by atoms with Crippen molar-refractivity contribution >= 4 is 27.5 Å². The number of hydrogen-bond acceptors (Lipinski definition) is 7. The van der Waals surface area contributed by atoms with E-state index in [4.69, 9.17) is 9.26 Å². The number of aromatic amines is 1. The molecule has 3 aromatic heterocycles.